The number of carbonyl (C=O) groups excluding carboxylic acids is 1. The number of hydrogen-bond donors (Lipinski definition) is 0. The Hall–Kier alpha value is -1.35. The van der Waals surface area contributed by atoms with E-state index in [-0.39, 0.29) is 11.9 Å². The van der Waals surface area contributed by atoms with Gasteiger partial charge in [0.05, 0.1) is 19.3 Å². The van der Waals surface area contributed by atoms with Crippen LogP contribution in [0.2, 0.25) is 0 Å². The average molecular weight is 219 g/mol. The molecule has 1 atom stereocenters. The Bertz CT molecular complexity index is 350. The molecule has 0 aromatic heterocycles. The summed E-state index contributed by atoms with van der Waals surface area (Å²) in [6, 6.07) is 10.4. The van der Waals surface area contributed by atoms with Crippen molar-refractivity contribution in [3.63, 3.8) is 0 Å². The van der Waals surface area contributed by atoms with Gasteiger partial charge in [-0.1, -0.05) is 30.3 Å². The van der Waals surface area contributed by atoms with Crippen LogP contribution in [0.1, 0.15) is 12.5 Å². The van der Waals surface area contributed by atoms with Gasteiger partial charge in [0.25, 0.3) is 0 Å². The van der Waals surface area contributed by atoms with Crippen LogP contribution in [0.5, 0.6) is 0 Å². The number of nitrogens with zero attached hydrogens (tertiary/aromatic N) is 1. The molecular formula is C13H17NO2. The summed E-state index contributed by atoms with van der Waals surface area (Å²) in [4.78, 5) is 13.4. The van der Waals surface area contributed by atoms with E-state index in [4.69, 9.17) is 4.74 Å². The topological polar surface area (TPSA) is 29.5 Å². The fourth-order valence-electron chi connectivity index (χ4n) is 2.12. The number of rotatable bonds is 2. The van der Waals surface area contributed by atoms with Gasteiger partial charge in [0.15, 0.2) is 0 Å². The van der Waals surface area contributed by atoms with Crippen LogP contribution < -0.4 is 0 Å². The van der Waals surface area contributed by atoms with Crippen LogP contribution in [0, 0.1) is 0 Å². The highest BCUT2D eigenvalue weighted by Crippen LogP contribution is 2.13. The van der Waals surface area contributed by atoms with Crippen LogP contribution in [0.3, 0.4) is 0 Å². The molecule has 3 heteroatoms. The van der Waals surface area contributed by atoms with E-state index in [2.05, 4.69) is 12.1 Å². The summed E-state index contributed by atoms with van der Waals surface area (Å²) in [5.74, 6) is 0.143. The van der Waals surface area contributed by atoms with Gasteiger partial charge in [0.1, 0.15) is 0 Å². The number of benzene rings is 1. The van der Waals surface area contributed by atoms with Gasteiger partial charge in [0, 0.05) is 13.5 Å². The van der Waals surface area contributed by atoms with E-state index in [1.807, 2.05) is 23.1 Å². The van der Waals surface area contributed by atoms with Crippen LogP contribution in [-0.2, 0) is 16.0 Å². The van der Waals surface area contributed by atoms with Crippen molar-refractivity contribution in [2.75, 3.05) is 19.8 Å². The normalized spacial score (nSPS) is 20.8. The Balaban J connectivity index is 2.04. The van der Waals surface area contributed by atoms with Gasteiger partial charge in [-0.25, -0.2) is 0 Å². The van der Waals surface area contributed by atoms with Crippen molar-refractivity contribution in [3.05, 3.63) is 35.9 Å². The number of morpholine rings is 1. The molecule has 1 aromatic rings. The van der Waals surface area contributed by atoms with Gasteiger partial charge in [-0.05, 0) is 12.0 Å². The first-order chi connectivity index (χ1) is 7.77. The fourth-order valence-corrected chi connectivity index (χ4v) is 2.12. The zero-order valence-electron chi connectivity index (χ0n) is 9.56. The highest BCUT2D eigenvalue weighted by molar-refractivity contribution is 5.73. The molecule has 1 saturated heterocycles. The van der Waals surface area contributed by atoms with Gasteiger partial charge in [-0.3, -0.25) is 4.79 Å². The average Bonchev–Trinajstić information content (AvgIpc) is 2.31. The molecule has 1 amide bonds. The minimum Gasteiger partial charge on any atom is -0.377 e. The van der Waals surface area contributed by atoms with Crippen molar-refractivity contribution in [2.45, 2.75) is 19.4 Å². The highest BCUT2D eigenvalue weighted by Gasteiger charge is 2.24. The second-order valence-corrected chi connectivity index (χ2v) is 4.13. The molecule has 1 aliphatic rings. The van der Waals surface area contributed by atoms with E-state index in [1.165, 1.54) is 5.56 Å². The molecule has 1 aromatic carbocycles. The highest BCUT2D eigenvalue weighted by atomic mass is 16.5. The molecule has 2 rings (SSSR count). The molecule has 3 nitrogen and oxygen atoms in total. The maximum absolute atomic E-state index is 11.5. The van der Waals surface area contributed by atoms with E-state index in [0.717, 1.165) is 6.42 Å². The smallest absolute Gasteiger partial charge is 0.219 e. The van der Waals surface area contributed by atoms with Crippen molar-refractivity contribution in [2.24, 2.45) is 0 Å². The standard InChI is InChI=1S/C13H17NO2/c1-11(15)14-7-8-16-10-13(14)9-12-5-3-2-4-6-12/h2-6,13H,7-10H2,1H3/t13-/m0/s1. The second kappa shape index (κ2) is 5.12. The molecule has 0 unspecified atom stereocenters. The maximum Gasteiger partial charge on any atom is 0.219 e. The molecule has 0 aliphatic carbocycles. The Morgan fingerprint density at radius 2 is 2.19 bits per heavy atom. The zero-order chi connectivity index (χ0) is 11.4. The molecule has 0 saturated carbocycles. The van der Waals surface area contributed by atoms with E-state index < -0.39 is 0 Å². The summed E-state index contributed by atoms with van der Waals surface area (Å²) >= 11 is 0. The summed E-state index contributed by atoms with van der Waals surface area (Å²) < 4.78 is 5.44. The van der Waals surface area contributed by atoms with Crippen molar-refractivity contribution < 1.29 is 9.53 Å². The van der Waals surface area contributed by atoms with Crippen LogP contribution in [0.4, 0.5) is 0 Å². The van der Waals surface area contributed by atoms with E-state index in [1.54, 1.807) is 6.92 Å². The van der Waals surface area contributed by atoms with E-state index >= 15 is 0 Å². The first-order valence-corrected chi connectivity index (χ1v) is 5.66. The lowest BCUT2D eigenvalue weighted by Gasteiger charge is -2.35. The lowest BCUT2D eigenvalue weighted by atomic mass is 10.0. The SMILES string of the molecule is CC(=O)N1CCOC[C@@H]1Cc1ccccc1. The Morgan fingerprint density at radius 1 is 1.44 bits per heavy atom. The summed E-state index contributed by atoms with van der Waals surface area (Å²) in [5.41, 5.74) is 1.25. The first-order valence-electron chi connectivity index (χ1n) is 5.66. The third-order valence-corrected chi connectivity index (χ3v) is 2.95. The monoisotopic (exact) mass is 219 g/mol. The van der Waals surface area contributed by atoms with Crippen LogP contribution in [0.25, 0.3) is 0 Å². The molecule has 16 heavy (non-hydrogen) atoms. The fraction of sp³-hybridized carbons (Fsp3) is 0.462. The molecule has 1 heterocycles. The molecule has 1 aliphatic heterocycles. The second-order valence-electron chi connectivity index (χ2n) is 4.13. The minimum absolute atomic E-state index is 0.143. The van der Waals surface area contributed by atoms with Crippen molar-refractivity contribution in [3.8, 4) is 0 Å². The lowest BCUT2D eigenvalue weighted by molar-refractivity contribution is -0.137. The van der Waals surface area contributed by atoms with Crippen LogP contribution >= 0.6 is 0 Å². The van der Waals surface area contributed by atoms with Gasteiger partial charge in [0.2, 0.25) is 5.91 Å². The molecule has 86 valence electrons. The molecule has 1 fully saturated rings. The third kappa shape index (κ3) is 2.61. The van der Waals surface area contributed by atoms with Crippen molar-refractivity contribution >= 4 is 5.91 Å². The molecular weight excluding hydrogens is 202 g/mol. The van der Waals surface area contributed by atoms with Gasteiger partial charge in [-0.15, -0.1) is 0 Å². The summed E-state index contributed by atoms with van der Waals surface area (Å²) in [5, 5.41) is 0. The number of hydrogen-bond acceptors (Lipinski definition) is 2. The van der Waals surface area contributed by atoms with Gasteiger partial charge >= 0.3 is 0 Å². The van der Waals surface area contributed by atoms with E-state index in [9.17, 15) is 4.79 Å². The van der Waals surface area contributed by atoms with Crippen molar-refractivity contribution in [1.29, 1.82) is 0 Å². The summed E-state index contributed by atoms with van der Waals surface area (Å²) in [7, 11) is 0. The Kier molecular flexibility index (Phi) is 3.57. The third-order valence-electron chi connectivity index (χ3n) is 2.95. The number of carbonyl (C=O) groups is 1. The predicted octanol–water partition coefficient (Wildman–Crippen LogP) is 1.48. The molecule has 0 spiro atoms. The first kappa shape index (κ1) is 11.1. The predicted molar refractivity (Wildman–Crippen MR) is 62.1 cm³/mol. The minimum atomic E-state index is 0.143. The summed E-state index contributed by atoms with van der Waals surface area (Å²) in [6.07, 6.45) is 0.875. The lowest BCUT2D eigenvalue weighted by Crippen LogP contribution is -2.48. The van der Waals surface area contributed by atoms with Gasteiger partial charge in [-0.2, -0.15) is 0 Å². The van der Waals surface area contributed by atoms with Crippen molar-refractivity contribution in [1.82, 2.24) is 4.90 Å². The van der Waals surface area contributed by atoms with Gasteiger partial charge < -0.3 is 9.64 Å². The number of amides is 1. The van der Waals surface area contributed by atoms with E-state index in [0.29, 0.717) is 19.8 Å². The molecule has 0 bridgehead atoms. The molecule has 0 radical (unpaired) electrons. The van der Waals surface area contributed by atoms with Crippen LogP contribution in [0.15, 0.2) is 30.3 Å². The Morgan fingerprint density at radius 3 is 2.88 bits per heavy atom. The maximum atomic E-state index is 11.5. The quantitative estimate of drug-likeness (QED) is 0.754. The Labute approximate surface area is 96.0 Å². The number of ether oxygens (including phenoxy) is 1. The summed E-state index contributed by atoms with van der Waals surface area (Å²) in [6.45, 7) is 3.65. The largest absolute Gasteiger partial charge is 0.377 e. The molecule has 0 N–H and O–H groups in total. The zero-order valence-corrected chi connectivity index (χ0v) is 9.56. The van der Waals surface area contributed by atoms with Crippen LogP contribution in [-0.4, -0.2) is 36.6 Å².